The van der Waals surface area contributed by atoms with Gasteiger partial charge in [-0.25, -0.2) is 0 Å². The Labute approximate surface area is 186 Å². The number of nitrogens with zero attached hydrogens (tertiary/aromatic N) is 2. The van der Waals surface area contributed by atoms with E-state index in [4.69, 9.17) is 11.6 Å². The fourth-order valence-electron chi connectivity index (χ4n) is 3.49. The summed E-state index contributed by atoms with van der Waals surface area (Å²) in [6.45, 7) is 0.183. The summed E-state index contributed by atoms with van der Waals surface area (Å²) in [6.07, 6.45) is 3.29. The molecule has 0 saturated carbocycles. The van der Waals surface area contributed by atoms with Crippen molar-refractivity contribution < 1.29 is 14.7 Å². The van der Waals surface area contributed by atoms with Crippen molar-refractivity contribution in [2.24, 2.45) is 0 Å². The van der Waals surface area contributed by atoms with Gasteiger partial charge in [0, 0.05) is 34.0 Å². The Morgan fingerprint density at radius 3 is 2.40 bits per heavy atom. The van der Waals surface area contributed by atoms with Gasteiger partial charge < -0.3 is 10.0 Å². The molecule has 7 heteroatoms. The zero-order valence-corrected chi connectivity index (χ0v) is 18.0. The minimum atomic E-state index is -0.744. The number of aromatic nitrogens is 1. The van der Waals surface area contributed by atoms with Crippen LogP contribution in [-0.2, 0) is 16.1 Å². The van der Waals surface area contributed by atoms with Gasteiger partial charge in [0.05, 0.1) is 11.6 Å². The largest absolute Gasteiger partial charge is 0.507 e. The Kier molecular flexibility index (Phi) is 5.70. The van der Waals surface area contributed by atoms with E-state index < -0.39 is 17.7 Å². The third kappa shape index (κ3) is 3.88. The van der Waals surface area contributed by atoms with E-state index in [1.165, 1.54) is 4.90 Å². The zero-order valence-electron chi connectivity index (χ0n) is 15.6. The average Bonchev–Trinajstić information content (AvgIpc) is 3.00. The number of aliphatic hydroxyl groups is 1. The van der Waals surface area contributed by atoms with Crippen molar-refractivity contribution in [3.05, 3.63) is 105 Å². The van der Waals surface area contributed by atoms with Crippen molar-refractivity contribution >= 4 is 45.0 Å². The zero-order chi connectivity index (χ0) is 21.3. The van der Waals surface area contributed by atoms with E-state index in [2.05, 4.69) is 20.9 Å². The number of pyridine rings is 1. The Bertz CT molecular complexity index is 1130. The first-order valence-corrected chi connectivity index (χ1v) is 10.3. The lowest BCUT2D eigenvalue weighted by atomic mass is 9.95. The van der Waals surface area contributed by atoms with E-state index >= 15 is 0 Å². The van der Waals surface area contributed by atoms with Gasteiger partial charge in [-0.15, -0.1) is 0 Å². The molecule has 1 fully saturated rings. The maximum absolute atomic E-state index is 13.0. The summed E-state index contributed by atoms with van der Waals surface area (Å²) < 4.78 is 0.838. The highest BCUT2D eigenvalue weighted by atomic mass is 79.9. The lowest BCUT2D eigenvalue weighted by molar-refractivity contribution is -0.140. The maximum Gasteiger partial charge on any atom is 0.295 e. The summed E-state index contributed by atoms with van der Waals surface area (Å²) in [4.78, 5) is 31.5. The second-order valence-corrected chi connectivity index (χ2v) is 8.20. The molecule has 1 unspecified atom stereocenters. The number of Topliss-reactive ketones (excluding diaryl/α,β-unsaturated/α-hetero) is 1. The Morgan fingerprint density at radius 1 is 1.07 bits per heavy atom. The van der Waals surface area contributed by atoms with Crippen LogP contribution in [-0.4, -0.2) is 26.7 Å². The molecule has 1 aliphatic heterocycles. The summed E-state index contributed by atoms with van der Waals surface area (Å²) in [6, 6.07) is 16.7. The molecular weight excluding hydrogens is 468 g/mol. The molecule has 1 aliphatic rings. The van der Waals surface area contributed by atoms with Gasteiger partial charge in [0.1, 0.15) is 5.76 Å². The molecule has 0 radical (unpaired) electrons. The van der Waals surface area contributed by atoms with Crippen LogP contribution in [0.3, 0.4) is 0 Å². The van der Waals surface area contributed by atoms with Gasteiger partial charge in [0.25, 0.3) is 11.7 Å². The number of aliphatic hydroxyl groups excluding tert-OH is 1. The number of hydrogen-bond acceptors (Lipinski definition) is 4. The summed E-state index contributed by atoms with van der Waals surface area (Å²) in [5, 5.41) is 11.5. The first-order valence-electron chi connectivity index (χ1n) is 9.14. The second-order valence-electron chi connectivity index (χ2n) is 6.85. The lowest BCUT2D eigenvalue weighted by Gasteiger charge is -2.25. The number of carbonyl (C=O) groups excluding carboxylic acids is 2. The third-order valence-corrected chi connectivity index (χ3v) is 5.70. The van der Waals surface area contributed by atoms with Gasteiger partial charge in [-0.05, 0) is 41.5 Å². The van der Waals surface area contributed by atoms with E-state index in [-0.39, 0.29) is 17.9 Å². The standard InChI is InChI=1S/C23H16BrClN2O3/c24-17-7-3-16(4-8-17)21(28)19-20(15-5-9-18(25)10-6-15)27(23(30)22(19)29)13-14-2-1-11-26-12-14/h1-12,20,28H,13H2/b21-19+. The SMILES string of the molecule is O=C1C(=O)N(Cc2cccnc2)C(c2ccc(Cl)cc2)/C1=C(\O)c1ccc(Br)cc1. The molecule has 2 heterocycles. The number of likely N-dealkylation sites (tertiary alicyclic amines) is 1. The molecule has 1 atom stereocenters. The highest BCUT2D eigenvalue weighted by Gasteiger charge is 2.46. The molecule has 1 N–H and O–H groups in total. The van der Waals surface area contributed by atoms with Gasteiger partial charge in [-0.1, -0.05) is 57.9 Å². The number of amides is 1. The van der Waals surface area contributed by atoms with Crippen molar-refractivity contribution in [2.45, 2.75) is 12.6 Å². The topological polar surface area (TPSA) is 70.5 Å². The molecule has 4 rings (SSSR count). The van der Waals surface area contributed by atoms with Crippen molar-refractivity contribution in [3.8, 4) is 0 Å². The quantitative estimate of drug-likeness (QED) is 0.318. The summed E-state index contributed by atoms with van der Waals surface area (Å²) in [7, 11) is 0. The molecule has 1 saturated heterocycles. The Morgan fingerprint density at radius 2 is 1.77 bits per heavy atom. The molecule has 0 aliphatic carbocycles. The van der Waals surface area contributed by atoms with Crippen LogP contribution in [0, 0.1) is 0 Å². The van der Waals surface area contributed by atoms with E-state index in [9.17, 15) is 14.7 Å². The van der Waals surface area contributed by atoms with E-state index in [1.807, 2.05) is 6.07 Å². The van der Waals surface area contributed by atoms with Crippen LogP contribution in [0.5, 0.6) is 0 Å². The fraction of sp³-hybridized carbons (Fsp3) is 0.0870. The van der Waals surface area contributed by atoms with Gasteiger partial charge in [-0.2, -0.15) is 0 Å². The van der Waals surface area contributed by atoms with Crippen molar-refractivity contribution in [3.63, 3.8) is 0 Å². The van der Waals surface area contributed by atoms with E-state index in [0.717, 1.165) is 10.0 Å². The Hall–Kier alpha value is -2.96. The fourth-order valence-corrected chi connectivity index (χ4v) is 3.88. The van der Waals surface area contributed by atoms with Crippen molar-refractivity contribution in [2.75, 3.05) is 0 Å². The number of carbonyl (C=O) groups is 2. The van der Waals surface area contributed by atoms with Gasteiger partial charge in [0.15, 0.2) is 0 Å². The number of hydrogen-bond donors (Lipinski definition) is 1. The van der Waals surface area contributed by atoms with Crippen LogP contribution in [0.1, 0.15) is 22.7 Å². The first kappa shape index (κ1) is 20.3. The van der Waals surface area contributed by atoms with Crippen LogP contribution < -0.4 is 0 Å². The first-order chi connectivity index (χ1) is 14.5. The average molecular weight is 484 g/mol. The summed E-state index contributed by atoms with van der Waals surface area (Å²) in [5.74, 6) is -1.61. The molecule has 1 aromatic heterocycles. The summed E-state index contributed by atoms with van der Waals surface area (Å²) in [5.41, 5.74) is 1.97. The predicted molar refractivity (Wildman–Crippen MR) is 118 cm³/mol. The van der Waals surface area contributed by atoms with Crippen LogP contribution >= 0.6 is 27.5 Å². The van der Waals surface area contributed by atoms with Crippen LogP contribution in [0.15, 0.2) is 83.1 Å². The second kappa shape index (κ2) is 8.42. The minimum absolute atomic E-state index is 0.0496. The third-order valence-electron chi connectivity index (χ3n) is 4.92. The molecule has 3 aromatic rings. The minimum Gasteiger partial charge on any atom is -0.507 e. The van der Waals surface area contributed by atoms with Crippen LogP contribution in [0.2, 0.25) is 5.02 Å². The van der Waals surface area contributed by atoms with Gasteiger partial charge >= 0.3 is 0 Å². The molecule has 5 nitrogen and oxygen atoms in total. The molecule has 0 spiro atoms. The highest BCUT2D eigenvalue weighted by Crippen LogP contribution is 2.40. The van der Waals surface area contributed by atoms with E-state index in [1.54, 1.807) is 67.0 Å². The number of benzene rings is 2. The summed E-state index contributed by atoms with van der Waals surface area (Å²) >= 11 is 9.39. The monoisotopic (exact) mass is 482 g/mol. The Balaban J connectivity index is 1.85. The van der Waals surface area contributed by atoms with Crippen molar-refractivity contribution in [1.29, 1.82) is 0 Å². The van der Waals surface area contributed by atoms with Gasteiger partial charge in [0.2, 0.25) is 0 Å². The number of rotatable bonds is 4. The molecule has 2 aromatic carbocycles. The molecule has 1 amide bonds. The lowest BCUT2D eigenvalue weighted by Crippen LogP contribution is -2.29. The number of halogens is 2. The smallest absolute Gasteiger partial charge is 0.295 e. The predicted octanol–water partition coefficient (Wildman–Crippen LogP) is 5.12. The molecule has 30 heavy (non-hydrogen) atoms. The highest BCUT2D eigenvalue weighted by molar-refractivity contribution is 9.10. The van der Waals surface area contributed by atoms with Crippen molar-refractivity contribution in [1.82, 2.24) is 9.88 Å². The normalized spacial score (nSPS) is 18.1. The molecule has 0 bridgehead atoms. The van der Waals surface area contributed by atoms with E-state index in [0.29, 0.717) is 16.1 Å². The van der Waals surface area contributed by atoms with Crippen LogP contribution in [0.4, 0.5) is 0 Å². The maximum atomic E-state index is 13.0. The van der Waals surface area contributed by atoms with Crippen LogP contribution in [0.25, 0.3) is 5.76 Å². The van der Waals surface area contributed by atoms with Gasteiger partial charge in [-0.3, -0.25) is 14.6 Å². The molecular formula is C23H16BrClN2O3. The molecule has 150 valence electrons. The number of ketones is 1.